The van der Waals surface area contributed by atoms with Crippen LogP contribution in [0.2, 0.25) is 5.02 Å². The number of hydrogen-bond donors (Lipinski definition) is 3. The minimum absolute atomic E-state index is 0.0427. The molecular formula is C14H14ClF3N6O5S. The average molecular weight is 471 g/mol. The van der Waals surface area contributed by atoms with Crippen molar-refractivity contribution in [1.82, 2.24) is 24.4 Å². The van der Waals surface area contributed by atoms with Gasteiger partial charge in [-0.25, -0.2) is 9.52 Å². The minimum Gasteiger partial charge on any atom is -0.481 e. The fraction of sp³-hybridized carbons (Fsp3) is 0.286. The summed E-state index contributed by atoms with van der Waals surface area (Å²) in [6.45, 7) is -0.580. The molecule has 0 aromatic carbocycles. The SMILES string of the molecule is COc1cc(OC)nc(NC(=O)NS(=O)(=O)NCc2ncc(C(F)(F)F)cc2Cl)n1. The van der Waals surface area contributed by atoms with E-state index >= 15 is 0 Å². The molecule has 3 N–H and O–H groups in total. The molecule has 2 heterocycles. The van der Waals surface area contributed by atoms with E-state index in [2.05, 4.69) is 20.3 Å². The van der Waals surface area contributed by atoms with Crippen molar-refractivity contribution in [3.63, 3.8) is 0 Å². The van der Waals surface area contributed by atoms with Gasteiger partial charge >= 0.3 is 22.4 Å². The van der Waals surface area contributed by atoms with Gasteiger partial charge in [-0.1, -0.05) is 11.6 Å². The van der Waals surface area contributed by atoms with E-state index in [0.717, 1.165) is 0 Å². The second kappa shape index (κ2) is 9.27. The lowest BCUT2D eigenvalue weighted by Gasteiger charge is -2.11. The van der Waals surface area contributed by atoms with Crippen molar-refractivity contribution >= 4 is 33.8 Å². The number of carbonyl (C=O) groups is 1. The Morgan fingerprint density at radius 1 is 1.17 bits per heavy atom. The first kappa shape index (κ1) is 23.4. The van der Waals surface area contributed by atoms with Crippen molar-refractivity contribution in [1.29, 1.82) is 0 Å². The van der Waals surface area contributed by atoms with Gasteiger partial charge in [0.1, 0.15) is 0 Å². The van der Waals surface area contributed by atoms with Crippen LogP contribution in [0.3, 0.4) is 0 Å². The molecule has 30 heavy (non-hydrogen) atoms. The Bertz CT molecular complexity index is 1010. The van der Waals surface area contributed by atoms with Gasteiger partial charge in [-0.05, 0) is 6.07 Å². The number of rotatable bonds is 7. The average Bonchev–Trinajstić information content (AvgIpc) is 2.65. The van der Waals surface area contributed by atoms with Crippen LogP contribution in [0, 0.1) is 0 Å². The molecule has 2 aromatic rings. The number of aromatic nitrogens is 3. The Morgan fingerprint density at radius 2 is 1.77 bits per heavy atom. The van der Waals surface area contributed by atoms with Crippen LogP contribution >= 0.6 is 11.6 Å². The molecule has 2 amide bonds. The largest absolute Gasteiger partial charge is 0.481 e. The third-order valence-electron chi connectivity index (χ3n) is 3.22. The fourth-order valence-corrected chi connectivity index (χ4v) is 2.80. The predicted octanol–water partition coefficient (Wildman–Crippen LogP) is 1.72. The van der Waals surface area contributed by atoms with Gasteiger partial charge in [-0.3, -0.25) is 10.3 Å². The molecule has 0 aliphatic rings. The van der Waals surface area contributed by atoms with Crippen molar-refractivity contribution in [2.24, 2.45) is 0 Å². The number of pyridine rings is 1. The van der Waals surface area contributed by atoms with Crippen molar-refractivity contribution < 1.29 is 35.9 Å². The van der Waals surface area contributed by atoms with Gasteiger partial charge in [0.2, 0.25) is 17.7 Å². The van der Waals surface area contributed by atoms with Crippen LogP contribution in [-0.4, -0.2) is 43.6 Å². The Morgan fingerprint density at radius 3 is 2.27 bits per heavy atom. The molecular weight excluding hydrogens is 457 g/mol. The predicted molar refractivity (Wildman–Crippen MR) is 97.3 cm³/mol. The van der Waals surface area contributed by atoms with E-state index in [0.29, 0.717) is 12.3 Å². The van der Waals surface area contributed by atoms with E-state index in [4.69, 9.17) is 21.1 Å². The van der Waals surface area contributed by atoms with E-state index in [1.54, 1.807) is 4.72 Å². The number of nitrogens with one attached hydrogen (secondary N) is 3. The molecule has 2 aromatic heterocycles. The van der Waals surface area contributed by atoms with E-state index < -0.39 is 39.5 Å². The lowest BCUT2D eigenvalue weighted by molar-refractivity contribution is -0.137. The highest BCUT2D eigenvalue weighted by atomic mass is 35.5. The number of amides is 2. The molecule has 0 saturated carbocycles. The smallest absolute Gasteiger partial charge is 0.417 e. The van der Waals surface area contributed by atoms with Gasteiger partial charge in [0.25, 0.3) is 0 Å². The van der Waals surface area contributed by atoms with Gasteiger partial charge in [0.05, 0.1) is 43.1 Å². The highest BCUT2D eigenvalue weighted by Gasteiger charge is 2.31. The molecule has 0 fully saturated rings. The molecule has 0 bridgehead atoms. The van der Waals surface area contributed by atoms with Crippen LogP contribution in [0.15, 0.2) is 18.3 Å². The number of alkyl halides is 3. The lowest BCUT2D eigenvalue weighted by atomic mass is 10.2. The van der Waals surface area contributed by atoms with Gasteiger partial charge in [0, 0.05) is 6.20 Å². The van der Waals surface area contributed by atoms with Crippen LogP contribution in [0.1, 0.15) is 11.3 Å². The highest BCUT2D eigenvalue weighted by molar-refractivity contribution is 7.88. The molecule has 0 unspecified atom stereocenters. The van der Waals surface area contributed by atoms with Gasteiger partial charge in [-0.15, -0.1) is 0 Å². The third-order valence-corrected chi connectivity index (χ3v) is 4.53. The maximum absolute atomic E-state index is 12.6. The number of halogens is 4. The first-order valence-corrected chi connectivity index (χ1v) is 9.56. The van der Waals surface area contributed by atoms with E-state index in [9.17, 15) is 26.4 Å². The number of urea groups is 1. The van der Waals surface area contributed by atoms with Crippen molar-refractivity contribution in [2.45, 2.75) is 12.7 Å². The Kier molecular flexibility index (Phi) is 7.22. The van der Waals surface area contributed by atoms with Crippen LogP contribution in [-0.2, 0) is 22.9 Å². The zero-order valence-corrected chi connectivity index (χ0v) is 16.8. The van der Waals surface area contributed by atoms with Gasteiger partial charge < -0.3 is 9.47 Å². The minimum atomic E-state index is -4.65. The summed E-state index contributed by atoms with van der Waals surface area (Å²) in [7, 11) is -1.82. The van der Waals surface area contributed by atoms with Crippen molar-refractivity contribution in [2.75, 3.05) is 19.5 Å². The molecule has 0 radical (unpaired) electrons. The molecule has 164 valence electrons. The fourth-order valence-electron chi connectivity index (χ4n) is 1.87. The maximum atomic E-state index is 12.6. The molecule has 0 aliphatic heterocycles. The molecule has 16 heteroatoms. The molecule has 2 rings (SSSR count). The Labute approximate surface area is 173 Å². The molecule has 11 nitrogen and oxygen atoms in total. The topological polar surface area (TPSA) is 144 Å². The van der Waals surface area contributed by atoms with E-state index in [1.807, 2.05) is 4.72 Å². The van der Waals surface area contributed by atoms with Crippen LogP contribution in [0.25, 0.3) is 0 Å². The molecule has 0 aliphatic carbocycles. The zero-order valence-electron chi connectivity index (χ0n) is 15.2. The van der Waals surface area contributed by atoms with Crippen molar-refractivity contribution in [3.8, 4) is 11.8 Å². The number of ether oxygens (including phenoxy) is 2. The molecule has 0 saturated heterocycles. The first-order valence-electron chi connectivity index (χ1n) is 7.70. The second-order valence-corrected chi connectivity index (χ2v) is 7.21. The number of hydrogen-bond acceptors (Lipinski definition) is 8. The number of methoxy groups -OCH3 is 2. The summed E-state index contributed by atoms with van der Waals surface area (Å²) in [5.74, 6) is -0.228. The van der Waals surface area contributed by atoms with Crippen LogP contribution < -0.4 is 24.2 Å². The maximum Gasteiger partial charge on any atom is 0.417 e. The number of carbonyl (C=O) groups excluding carboxylic acids is 1. The van der Waals surface area contributed by atoms with Crippen LogP contribution in [0.5, 0.6) is 11.8 Å². The summed E-state index contributed by atoms with van der Waals surface area (Å²) in [6, 6.07) is 0.692. The standard InChI is InChI=1S/C14H14ClF3N6O5S/c1-28-10-4-11(29-2)22-12(21-10)23-13(25)24-30(26,27)20-6-9-8(15)3-7(5-19-9)14(16,17)18/h3-5,20H,6H2,1-2H3,(H2,21,22,23,24,25). The van der Waals surface area contributed by atoms with Crippen LogP contribution in [0.4, 0.5) is 23.9 Å². The first-order chi connectivity index (χ1) is 13.9. The van der Waals surface area contributed by atoms with Gasteiger partial charge in [0.15, 0.2) is 0 Å². The normalized spacial score (nSPS) is 11.7. The summed E-state index contributed by atoms with van der Waals surface area (Å²) in [5.41, 5.74) is -1.28. The summed E-state index contributed by atoms with van der Waals surface area (Å²) < 4.78 is 75.0. The Hall–Kier alpha value is -2.91. The second-order valence-electron chi connectivity index (χ2n) is 5.31. The quantitative estimate of drug-likeness (QED) is 0.554. The van der Waals surface area contributed by atoms with E-state index in [1.165, 1.54) is 20.3 Å². The summed E-state index contributed by atoms with van der Waals surface area (Å²) in [6.07, 6.45) is -4.15. The summed E-state index contributed by atoms with van der Waals surface area (Å²) in [5, 5.41) is 1.65. The van der Waals surface area contributed by atoms with E-state index in [-0.39, 0.29) is 23.4 Å². The zero-order chi connectivity index (χ0) is 22.5. The molecule has 0 atom stereocenters. The summed E-state index contributed by atoms with van der Waals surface area (Å²) in [4.78, 5) is 22.9. The third kappa shape index (κ3) is 6.57. The lowest BCUT2D eigenvalue weighted by Crippen LogP contribution is -2.42. The Balaban J connectivity index is 2.01. The molecule has 0 spiro atoms. The number of nitrogens with zero attached hydrogens (tertiary/aromatic N) is 3. The highest BCUT2D eigenvalue weighted by Crippen LogP contribution is 2.31. The van der Waals surface area contributed by atoms with Gasteiger partial charge in [-0.2, -0.15) is 36.3 Å². The number of anilines is 1. The summed E-state index contributed by atoms with van der Waals surface area (Å²) >= 11 is 5.70. The van der Waals surface area contributed by atoms with Crippen molar-refractivity contribution in [3.05, 3.63) is 34.6 Å². The monoisotopic (exact) mass is 470 g/mol.